The van der Waals surface area contributed by atoms with E-state index in [0.29, 0.717) is 0 Å². The monoisotopic (exact) mass is 212 g/mol. The molecule has 6 heteroatoms. The highest BCUT2D eigenvalue weighted by Gasteiger charge is 2.38. The van der Waals surface area contributed by atoms with Gasteiger partial charge in [-0.25, -0.2) is 4.79 Å². The zero-order chi connectivity index (χ0) is 11.6. The Balaban J connectivity index is 2.98. The number of allylic oxidation sites excluding steroid dienone is 1. The quantitative estimate of drug-likeness (QED) is 0.292. The van der Waals surface area contributed by atoms with Crippen LogP contribution in [0.15, 0.2) is 11.3 Å². The summed E-state index contributed by atoms with van der Waals surface area (Å²) in [5, 5.41) is 9.10. The van der Waals surface area contributed by atoms with E-state index in [1.54, 1.807) is 0 Å². The predicted molar refractivity (Wildman–Crippen MR) is 45.9 cm³/mol. The highest BCUT2D eigenvalue weighted by Crippen LogP contribution is 2.18. The number of ether oxygens (including phenoxy) is 1. The number of ketones is 3. The molecule has 1 N–H and O–H groups in total. The second-order valence-electron chi connectivity index (χ2n) is 2.80. The molecule has 80 valence electrons. The van der Waals surface area contributed by atoms with E-state index in [2.05, 4.69) is 4.74 Å². The van der Waals surface area contributed by atoms with Gasteiger partial charge in [-0.05, 0) is 6.92 Å². The summed E-state index contributed by atoms with van der Waals surface area (Å²) >= 11 is 0. The number of aliphatic hydroxyl groups excluding tert-OH is 1. The van der Waals surface area contributed by atoms with Crippen molar-refractivity contribution in [2.45, 2.75) is 13.3 Å². The third kappa shape index (κ3) is 1.93. The first-order valence-electron chi connectivity index (χ1n) is 4.20. The number of carbonyl (C=O) groups is 4. The molecule has 0 saturated heterocycles. The van der Waals surface area contributed by atoms with Crippen molar-refractivity contribution in [3.8, 4) is 0 Å². The van der Waals surface area contributed by atoms with Crippen molar-refractivity contribution in [1.82, 2.24) is 0 Å². The van der Waals surface area contributed by atoms with Crippen LogP contribution in [0, 0.1) is 0 Å². The molecule has 0 bridgehead atoms. The number of hydrogen-bond acceptors (Lipinski definition) is 6. The Bertz CT molecular complexity index is 389. The lowest BCUT2D eigenvalue weighted by molar-refractivity contribution is -0.152. The molecule has 1 aliphatic carbocycles. The summed E-state index contributed by atoms with van der Waals surface area (Å²) in [6.07, 6.45) is -0.577. The van der Waals surface area contributed by atoms with Crippen LogP contribution in [0.25, 0.3) is 0 Å². The van der Waals surface area contributed by atoms with Crippen molar-refractivity contribution in [2.75, 3.05) is 6.61 Å². The van der Waals surface area contributed by atoms with Crippen molar-refractivity contribution < 1.29 is 29.0 Å². The average molecular weight is 212 g/mol. The molecule has 0 spiro atoms. The molecule has 0 radical (unpaired) electrons. The van der Waals surface area contributed by atoms with Gasteiger partial charge < -0.3 is 9.84 Å². The van der Waals surface area contributed by atoms with Gasteiger partial charge in [0.05, 0.1) is 13.0 Å². The largest absolute Gasteiger partial charge is 0.504 e. The molecule has 15 heavy (non-hydrogen) atoms. The molecule has 1 rings (SSSR count). The smallest absolute Gasteiger partial charge is 0.379 e. The van der Waals surface area contributed by atoms with Gasteiger partial charge in [-0.3, -0.25) is 14.4 Å². The van der Waals surface area contributed by atoms with E-state index in [4.69, 9.17) is 5.11 Å². The Kier molecular flexibility index (Phi) is 2.99. The molecule has 0 saturated carbocycles. The summed E-state index contributed by atoms with van der Waals surface area (Å²) < 4.78 is 4.35. The fraction of sp³-hybridized carbons (Fsp3) is 0.333. The lowest BCUT2D eigenvalue weighted by Crippen LogP contribution is -2.22. The maximum atomic E-state index is 11.2. The number of hydrogen-bond donors (Lipinski definition) is 1. The fourth-order valence-corrected chi connectivity index (χ4v) is 1.12. The second-order valence-corrected chi connectivity index (χ2v) is 2.80. The van der Waals surface area contributed by atoms with Crippen LogP contribution < -0.4 is 0 Å². The van der Waals surface area contributed by atoms with Gasteiger partial charge in [-0.1, -0.05) is 0 Å². The Morgan fingerprint density at radius 3 is 2.33 bits per heavy atom. The van der Waals surface area contributed by atoms with Crippen molar-refractivity contribution in [1.29, 1.82) is 0 Å². The lowest BCUT2D eigenvalue weighted by Gasteiger charge is -1.99. The molecule has 0 fully saturated rings. The lowest BCUT2D eigenvalue weighted by atomic mass is 10.1. The Morgan fingerprint density at radius 2 is 1.93 bits per heavy atom. The van der Waals surface area contributed by atoms with Crippen LogP contribution in [0.2, 0.25) is 0 Å². The Morgan fingerprint density at radius 1 is 1.33 bits per heavy atom. The first-order valence-corrected chi connectivity index (χ1v) is 4.20. The third-order valence-electron chi connectivity index (χ3n) is 1.79. The van der Waals surface area contributed by atoms with Crippen molar-refractivity contribution in [2.24, 2.45) is 0 Å². The first-order chi connectivity index (χ1) is 6.99. The topological polar surface area (TPSA) is 97.7 Å². The van der Waals surface area contributed by atoms with Crippen LogP contribution in [0.4, 0.5) is 0 Å². The standard InChI is InChI=1S/C9H8O6/c1-2-15-9(14)8(13)6-4(10)3-5(11)7(6)12/h12H,2-3H2,1H3. The average Bonchev–Trinajstić information content (AvgIpc) is 2.41. The SMILES string of the molecule is CCOC(=O)C(=O)C1=C(O)C(=O)CC1=O. The minimum Gasteiger partial charge on any atom is -0.504 e. The van der Waals surface area contributed by atoms with Crippen LogP contribution in [-0.2, 0) is 23.9 Å². The van der Waals surface area contributed by atoms with Crippen molar-refractivity contribution >= 4 is 23.3 Å². The maximum absolute atomic E-state index is 11.2. The first kappa shape index (κ1) is 11.1. The summed E-state index contributed by atoms with van der Waals surface area (Å²) in [6, 6.07) is 0. The van der Waals surface area contributed by atoms with Crippen LogP contribution >= 0.6 is 0 Å². The second kappa shape index (κ2) is 4.04. The molecule has 0 unspecified atom stereocenters. The molecular formula is C9H8O6. The van der Waals surface area contributed by atoms with Crippen LogP contribution in [0.5, 0.6) is 0 Å². The molecule has 0 aromatic rings. The number of carbonyl (C=O) groups excluding carboxylic acids is 4. The molecular weight excluding hydrogens is 204 g/mol. The number of rotatable bonds is 3. The zero-order valence-corrected chi connectivity index (χ0v) is 7.90. The summed E-state index contributed by atoms with van der Waals surface area (Å²) in [5.41, 5.74) is -0.765. The Hall–Kier alpha value is -1.98. The van der Waals surface area contributed by atoms with E-state index in [-0.39, 0.29) is 6.61 Å². The molecule has 0 heterocycles. The Labute approximate surface area is 84.5 Å². The van der Waals surface area contributed by atoms with Gasteiger partial charge in [0, 0.05) is 0 Å². The fourth-order valence-electron chi connectivity index (χ4n) is 1.12. The maximum Gasteiger partial charge on any atom is 0.379 e. The van der Waals surface area contributed by atoms with Crippen LogP contribution in [0.1, 0.15) is 13.3 Å². The van der Waals surface area contributed by atoms with E-state index in [0.717, 1.165) is 0 Å². The molecule has 0 aromatic carbocycles. The van der Waals surface area contributed by atoms with Crippen molar-refractivity contribution in [3.05, 3.63) is 11.3 Å². The van der Waals surface area contributed by atoms with E-state index in [1.807, 2.05) is 0 Å². The van der Waals surface area contributed by atoms with Gasteiger partial charge in [-0.2, -0.15) is 0 Å². The summed E-state index contributed by atoms with van der Waals surface area (Å²) in [5.74, 6) is -5.17. The highest BCUT2D eigenvalue weighted by molar-refractivity contribution is 6.51. The van der Waals surface area contributed by atoms with Gasteiger partial charge in [0.25, 0.3) is 5.78 Å². The molecule has 0 atom stereocenters. The number of aliphatic hydroxyl groups is 1. The summed E-state index contributed by atoms with van der Waals surface area (Å²) in [4.78, 5) is 44.1. The number of esters is 1. The highest BCUT2D eigenvalue weighted by atomic mass is 16.5. The van der Waals surface area contributed by atoms with Gasteiger partial charge in [0.15, 0.2) is 11.5 Å². The van der Waals surface area contributed by atoms with Gasteiger partial charge in [0.1, 0.15) is 5.57 Å². The van der Waals surface area contributed by atoms with E-state index < -0.39 is 41.1 Å². The van der Waals surface area contributed by atoms with Crippen molar-refractivity contribution in [3.63, 3.8) is 0 Å². The van der Waals surface area contributed by atoms with E-state index in [9.17, 15) is 19.2 Å². The third-order valence-corrected chi connectivity index (χ3v) is 1.79. The van der Waals surface area contributed by atoms with Gasteiger partial charge >= 0.3 is 5.97 Å². The molecule has 0 aromatic heterocycles. The summed E-state index contributed by atoms with van der Waals surface area (Å²) in [6.45, 7) is 1.46. The normalized spacial score (nSPS) is 15.8. The summed E-state index contributed by atoms with van der Waals surface area (Å²) in [7, 11) is 0. The van der Waals surface area contributed by atoms with Gasteiger partial charge in [-0.15, -0.1) is 0 Å². The number of Topliss-reactive ketones (excluding diaryl/α,β-unsaturated/α-hetero) is 3. The van der Waals surface area contributed by atoms with Crippen LogP contribution in [0.3, 0.4) is 0 Å². The molecule has 0 amide bonds. The minimum atomic E-state index is -1.27. The molecule has 6 nitrogen and oxygen atoms in total. The minimum absolute atomic E-state index is 0.0270. The molecule has 0 aliphatic heterocycles. The van der Waals surface area contributed by atoms with Gasteiger partial charge in [0.2, 0.25) is 5.78 Å². The zero-order valence-electron chi connectivity index (χ0n) is 7.90. The van der Waals surface area contributed by atoms with Crippen LogP contribution in [-0.4, -0.2) is 35.0 Å². The van der Waals surface area contributed by atoms with E-state index in [1.165, 1.54) is 6.92 Å². The molecule has 1 aliphatic rings. The van der Waals surface area contributed by atoms with E-state index >= 15 is 0 Å². The predicted octanol–water partition coefficient (Wildman–Crippen LogP) is -0.527.